The molecule has 0 unspecified atom stereocenters. The first-order chi connectivity index (χ1) is 8.32. The first-order valence-electron chi connectivity index (χ1n) is 5.46. The second-order valence-corrected chi connectivity index (χ2v) is 5.16. The Kier molecular flexibility index (Phi) is 4.89. The van der Waals surface area contributed by atoms with Crippen LogP contribution >= 0.6 is 15.9 Å². The maximum atomic E-state index is 12.0. The molecule has 0 atom stereocenters. The van der Waals surface area contributed by atoms with Gasteiger partial charge in [-0.05, 0) is 21.8 Å². The minimum atomic E-state index is -0.488. The minimum Gasteiger partial charge on any atom is -0.444 e. The van der Waals surface area contributed by atoms with Gasteiger partial charge in [-0.15, -0.1) is 0 Å². The van der Waals surface area contributed by atoms with E-state index in [9.17, 15) is 14.4 Å². The fraction of sp³-hybridized carbons (Fsp3) is 0.545. The van der Waals surface area contributed by atoms with Gasteiger partial charge in [-0.2, -0.15) is 0 Å². The summed E-state index contributed by atoms with van der Waals surface area (Å²) in [5, 5.41) is 0. The van der Waals surface area contributed by atoms with Gasteiger partial charge in [0.2, 0.25) is 0 Å². The van der Waals surface area contributed by atoms with Crippen molar-refractivity contribution in [2.75, 3.05) is 0 Å². The van der Waals surface area contributed by atoms with Crippen LogP contribution in [0.3, 0.4) is 0 Å². The zero-order chi connectivity index (χ0) is 13.9. The summed E-state index contributed by atoms with van der Waals surface area (Å²) < 4.78 is 7.31. The van der Waals surface area contributed by atoms with Crippen molar-refractivity contribution in [3.63, 3.8) is 0 Å². The quantitative estimate of drug-likeness (QED) is 0.775. The normalized spacial score (nSPS) is 10.7. The summed E-state index contributed by atoms with van der Waals surface area (Å²) >= 11 is 3.09. The molecule has 0 saturated heterocycles. The SMILES string of the molecule is CC(=O)OCn1cc(Br)c(=O)n(CC(C)C)c1=O. The number of rotatable bonds is 4. The number of halogens is 1. The van der Waals surface area contributed by atoms with Crippen molar-refractivity contribution in [2.24, 2.45) is 5.92 Å². The molecule has 0 aliphatic heterocycles. The zero-order valence-electron chi connectivity index (χ0n) is 10.5. The van der Waals surface area contributed by atoms with Crippen molar-refractivity contribution in [3.05, 3.63) is 31.5 Å². The third kappa shape index (κ3) is 3.56. The van der Waals surface area contributed by atoms with Crippen molar-refractivity contribution in [1.29, 1.82) is 0 Å². The fourth-order valence-electron chi connectivity index (χ4n) is 1.40. The van der Waals surface area contributed by atoms with Crippen LogP contribution in [-0.2, 0) is 22.8 Å². The van der Waals surface area contributed by atoms with E-state index >= 15 is 0 Å². The summed E-state index contributed by atoms with van der Waals surface area (Å²) in [5.41, 5.74) is -0.870. The summed E-state index contributed by atoms with van der Waals surface area (Å²) in [5.74, 6) is -0.327. The molecule has 100 valence electrons. The number of aromatic nitrogens is 2. The smallest absolute Gasteiger partial charge is 0.333 e. The van der Waals surface area contributed by atoms with Crippen LogP contribution in [0, 0.1) is 5.92 Å². The molecule has 0 aliphatic rings. The van der Waals surface area contributed by atoms with Crippen LogP contribution in [0.1, 0.15) is 20.8 Å². The number of nitrogens with zero attached hydrogens (tertiary/aromatic N) is 2. The number of hydrogen-bond donors (Lipinski definition) is 0. The molecule has 1 aromatic heterocycles. The van der Waals surface area contributed by atoms with Gasteiger partial charge in [0.1, 0.15) is 0 Å². The molecule has 0 fully saturated rings. The maximum Gasteiger partial charge on any atom is 0.333 e. The second kappa shape index (κ2) is 5.99. The van der Waals surface area contributed by atoms with Gasteiger partial charge >= 0.3 is 11.7 Å². The molecule has 0 aromatic carbocycles. The Morgan fingerprint density at radius 3 is 2.56 bits per heavy atom. The lowest BCUT2D eigenvalue weighted by atomic mass is 10.2. The van der Waals surface area contributed by atoms with Crippen molar-refractivity contribution >= 4 is 21.9 Å². The number of esters is 1. The maximum absolute atomic E-state index is 12.0. The molecular formula is C11H15BrN2O4. The Morgan fingerprint density at radius 2 is 2.06 bits per heavy atom. The van der Waals surface area contributed by atoms with Crippen LogP contribution in [-0.4, -0.2) is 15.1 Å². The summed E-state index contributed by atoms with van der Waals surface area (Å²) in [4.78, 5) is 34.5. The number of carbonyl (C=O) groups excluding carboxylic acids is 1. The van der Waals surface area contributed by atoms with E-state index in [0.717, 1.165) is 4.57 Å². The number of hydrogen-bond acceptors (Lipinski definition) is 4. The van der Waals surface area contributed by atoms with Gasteiger partial charge in [0, 0.05) is 19.7 Å². The van der Waals surface area contributed by atoms with Gasteiger partial charge in [-0.1, -0.05) is 13.8 Å². The van der Waals surface area contributed by atoms with Gasteiger partial charge in [0.25, 0.3) is 5.56 Å². The predicted molar refractivity (Wildman–Crippen MR) is 69.3 cm³/mol. The highest BCUT2D eigenvalue weighted by molar-refractivity contribution is 9.10. The molecule has 0 amide bonds. The van der Waals surface area contributed by atoms with Crippen LogP contribution < -0.4 is 11.2 Å². The lowest BCUT2D eigenvalue weighted by Crippen LogP contribution is -2.41. The van der Waals surface area contributed by atoms with E-state index in [-0.39, 0.29) is 22.7 Å². The largest absolute Gasteiger partial charge is 0.444 e. The van der Waals surface area contributed by atoms with E-state index in [1.807, 2.05) is 13.8 Å². The lowest BCUT2D eigenvalue weighted by Gasteiger charge is -2.12. The van der Waals surface area contributed by atoms with Crippen LogP contribution in [0.4, 0.5) is 0 Å². The van der Waals surface area contributed by atoms with E-state index in [4.69, 9.17) is 4.74 Å². The molecule has 18 heavy (non-hydrogen) atoms. The number of ether oxygens (including phenoxy) is 1. The van der Waals surface area contributed by atoms with E-state index in [1.54, 1.807) is 0 Å². The third-order valence-corrected chi connectivity index (χ3v) is 2.69. The fourth-order valence-corrected chi connectivity index (χ4v) is 1.86. The number of carbonyl (C=O) groups is 1. The van der Waals surface area contributed by atoms with Crippen LogP contribution in [0.25, 0.3) is 0 Å². The van der Waals surface area contributed by atoms with Crippen LogP contribution in [0.5, 0.6) is 0 Å². The van der Waals surface area contributed by atoms with E-state index in [2.05, 4.69) is 15.9 Å². The molecule has 0 N–H and O–H groups in total. The molecule has 1 rings (SSSR count). The van der Waals surface area contributed by atoms with E-state index in [1.165, 1.54) is 17.7 Å². The Balaban J connectivity index is 3.22. The average Bonchev–Trinajstić information content (AvgIpc) is 2.27. The summed E-state index contributed by atoms with van der Waals surface area (Å²) in [7, 11) is 0. The lowest BCUT2D eigenvalue weighted by molar-refractivity contribution is -0.144. The first-order valence-corrected chi connectivity index (χ1v) is 6.25. The van der Waals surface area contributed by atoms with Gasteiger partial charge in [-0.3, -0.25) is 18.7 Å². The summed E-state index contributed by atoms with van der Waals surface area (Å²) in [6.07, 6.45) is 1.32. The zero-order valence-corrected chi connectivity index (χ0v) is 12.1. The van der Waals surface area contributed by atoms with Gasteiger partial charge < -0.3 is 4.74 Å². The van der Waals surface area contributed by atoms with Crippen molar-refractivity contribution in [3.8, 4) is 0 Å². The summed E-state index contributed by atoms with van der Waals surface area (Å²) in [6.45, 7) is 5.18. The Bertz CT molecular complexity index is 559. The molecular weight excluding hydrogens is 304 g/mol. The molecule has 6 nitrogen and oxygen atoms in total. The highest BCUT2D eigenvalue weighted by atomic mass is 79.9. The van der Waals surface area contributed by atoms with E-state index in [0.29, 0.717) is 6.54 Å². The summed E-state index contributed by atoms with van der Waals surface area (Å²) in [6, 6.07) is 0. The van der Waals surface area contributed by atoms with Crippen LogP contribution in [0.15, 0.2) is 20.3 Å². The Morgan fingerprint density at radius 1 is 1.44 bits per heavy atom. The molecule has 1 aromatic rings. The van der Waals surface area contributed by atoms with Gasteiger partial charge in [0.15, 0.2) is 6.73 Å². The van der Waals surface area contributed by atoms with Crippen molar-refractivity contribution in [1.82, 2.24) is 9.13 Å². The molecule has 0 spiro atoms. The van der Waals surface area contributed by atoms with Crippen molar-refractivity contribution in [2.45, 2.75) is 34.0 Å². The molecule has 0 aliphatic carbocycles. The predicted octanol–water partition coefficient (Wildman–Crippen LogP) is 0.949. The molecule has 7 heteroatoms. The molecule has 0 bridgehead atoms. The van der Waals surface area contributed by atoms with E-state index < -0.39 is 11.7 Å². The topological polar surface area (TPSA) is 70.3 Å². The molecule has 1 heterocycles. The average molecular weight is 319 g/mol. The second-order valence-electron chi connectivity index (χ2n) is 4.30. The third-order valence-electron chi connectivity index (χ3n) is 2.15. The van der Waals surface area contributed by atoms with Gasteiger partial charge in [0.05, 0.1) is 4.47 Å². The first kappa shape index (κ1) is 14.7. The highest BCUT2D eigenvalue weighted by Crippen LogP contribution is 2.01. The van der Waals surface area contributed by atoms with Crippen molar-refractivity contribution < 1.29 is 9.53 Å². The standard InChI is InChI=1S/C11H15BrN2O4/c1-7(2)4-14-10(16)9(12)5-13(11(14)17)6-18-8(3)15/h5,7H,4,6H2,1-3H3. The minimum absolute atomic E-state index is 0.159. The monoisotopic (exact) mass is 318 g/mol. The highest BCUT2D eigenvalue weighted by Gasteiger charge is 2.11. The Hall–Kier alpha value is -1.37. The Labute approximate surface area is 112 Å². The molecule has 0 saturated carbocycles. The van der Waals surface area contributed by atoms with Gasteiger partial charge in [-0.25, -0.2) is 4.79 Å². The van der Waals surface area contributed by atoms with Crippen LogP contribution in [0.2, 0.25) is 0 Å². The molecule has 0 radical (unpaired) electrons.